The molecule has 0 bridgehead atoms. The molecule has 3 rings (SSSR count). The first kappa shape index (κ1) is 22.7. The Kier molecular flexibility index (Phi) is 7.18. The van der Waals surface area contributed by atoms with Crippen molar-refractivity contribution in [2.45, 2.75) is 24.8 Å². The third-order valence-electron chi connectivity index (χ3n) is 6.16. The molecule has 30 heavy (non-hydrogen) atoms. The molecule has 0 amide bonds. The average Bonchev–Trinajstić information content (AvgIpc) is 2.71. The first-order valence-electron chi connectivity index (χ1n) is 10.7. The van der Waals surface area contributed by atoms with E-state index in [-0.39, 0.29) is 6.04 Å². The lowest BCUT2D eigenvalue weighted by Crippen LogP contribution is -3.27. The van der Waals surface area contributed by atoms with Crippen molar-refractivity contribution in [3.8, 4) is 0 Å². The quantitative estimate of drug-likeness (QED) is 0.568. The molecule has 2 aromatic rings. The maximum atomic E-state index is 13.1. The van der Waals surface area contributed by atoms with Crippen molar-refractivity contribution in [2.24, 2.45) is 0 Å². The van der Waals surface area contributed by atoms with Crippen LogP contribution in [0.5, 0.6) is 0 Å². The Labute approximate surface area is 181 Å². The molecule has 3 N–H and O–H groups in total. The second-order valence-electron chi connectivity index (χ2n) is 8.77. The number of rotatable bonds is 7. The molecule has 2 aromatic carbocycles. The Bertz CT molecular complexity index is 950. The van der Waals surface area contributed by atoms with Gasteiger partial charge >= 0.3 is 0 Å². The molecule has 1 saturated heterocycles. The predicted molar refractivity (Wildman–Crippen MR) is 122 cm³/mol. The van der Waals surface area contributed by atoms with Crippen molar-refractivity contribution < 1.29 is 18.2 Å². The van der Waals surface area contributed by atoms with Crippen LogP contribution in [0.3, 0.4) is 0 Å². The van der Waals surface area contributed by atoms with Crippen LogP contribution in [0, 0.1) is 13.8 Å². The van der Waals surface area contributed by atoms with Crippen molar-refractivity contribution in [2.75, 3.05) is 58.8 Å². The summed E-state index contributed by atoms with van der Waals surface area (Å²) in [7, 11) is 2.71. The Morgan fingerprint density at radius 2 is 1.63 bits per heavy atom. The van der Waals surface area contributed by atoms with Gasteiger partial charge in [-0.25, -0.2) is 13.1 Å². The van der Waals surface area contributed by atoms with Crippen molar-refractivity contribution in [3.05, 3.63) is 59.2 Å². The van der Waals surface area contributed by atoms with Gasteiger partial charge in [-0.1, -0.05) is 24.3 Å². The monoisotopic (exact) mass is 432 g/mol. The fourth-order valence-electron chi connectivity index (χ4n) is 4.12. The molecule has 0 saturated carbocycles. The standard InChI is InChI=1S/C23H34N4O2S/c1-18-6-7-19(2)23(16-18)30(28,29)24-17-22(27-14-12-26(5)13-15-27)20-8-10-21(11-9-20)25(3)4/h6-11,16,22,24H,12-15,17H2,1-5H3/p+2/t22-/m1/s1. The fourth-order valence-corrected chi connectivity index (χ4v) is 5.49. The number of sulfonamides is 1. The zero-order valence-corrected chi connectivity index (χ0v) is 19.6. The number of nitrogens with one attached hydrogen (secondary N) is 3. The van der Waals surface area contributed by atoms with Crippen LogP contribution < -0.4 is 19.4 Å². The van der Waals surface area contributed by atoms with Gasteiger partial charge in [0.1, 0.15) is 32.2 Å². The molecular formula is C23H36N4O2S+2. The minimum Gasteiger partial charge on any atom is -0.378 e. The first-order valence-corrected chi connectivity index (χ1v) is 12.2. The van der Waals surface area contributed by atoms with E-state index in [0.29, 0.717) is 11.4 Å². The third kappa shape index (κ3) is 5.40. The van der Waals surface area contributed by atoms with E-state index in [1.807, 2.05) is 40.1 Å². The second-order valence-corrected chi connectivity index (χ2v) is 10.5. The topological polar surface area (TPSA) is 58.3 Å². The van der Waals surface area contributed by atoms with Crippen molar-refractivity contribution >= 4 is 15.7 Å². The van der Waals surface area contributed by atoms with Gasteiger partial charge in [0.2, 0.25) is 10.0 Å². The summed E-state index contributed by atoms with van der Waals surface area (Å²) in [4.78, 5) is 5.44. The van der Waals surface area contributed by atoms with Crippen LogP contribution in [-0.2, 0) is 10.0 Å². The number of hydrogen-bond acceptors (Lipinski definition) is 3. The van der Waals surface area contributed by atoms with Gasteiger partial charge in [-0.3, -0.25) is 0 Å². The van der Waals surface area contributed by atoms with Crippen LogP contribution in [0.4, 0.5) is 5.69 Å². The summed E-state index contributed by atoms with van der Waals surface area (Å²) in [6, 6.07) is 14.2. The number of nitrogens with zero attached hydrogens (tertiary/aromatic N) is 1. The lowest BCUT2D eigenvalue weighted by Gasteiger charge is -2.33. The van der Waals surface area contributed by atoms with Gasteiger partial charge in [0.25, 0.3) is 0 Å². The van der Waals surface area contributed by atoms with Crippen LogP contribution in [0.15, 0.2) is 47.4 Å². The van der Waals surface area contributed by atoms with Crippen molar-refractivity contribution in [1.82, 2.24) is 4.72 Å². The smallest absolute Gasteiger partial charge is 0.241 e. The molecule has 1 atom stereocenters. The highest BCUT2D eigenvalue weighted by molar-refractivity contribution is 7.89. The van der Waals surface area contributed by atoms with Crippen molar-refractivity contribution in [3.63, 3.8) is 0 Å². The zero-order valence-electron chi connectivity index (χ0n) is 18.8. The van der Waals surface area contributed by atoms with Gasteiger partial charge in [0.05, 0.1) is 18.5 Å². The summed E-state index contributed by atoms with van der Waals surface area (Å²) < 4.78 is 29.1. The normalized spacial score (nSPS) is 20.7. The molecule has 0 aromatic heterocycles. The number of aryl methyl sites for hydroxylation is 2. The third-order valence-corrected chi connectivity index (χ3v) is 7.73. The van der Waals surface area contributed by atoms with Crippen molar-refractivity contribution in [1.29, 1.82) is 0 Å². The Morgan fingerprint density at radius 1 is 1.00 bits per heavy atom. The minimum absolute atomic E-state index is 0.0919. The Balaban J connectivity index is 1.84. The molecule has 1 aliphatic rings. The molecule has 0 radical (unpaired) electrons. The predicted octanol–water partition coefficient (Wildman–Crippen LogP) is -0.198. The van der Waals surface area contributed by atoms with Gasteiger partial charge < -0.3 is 14.7 Å². The molecule has 164 valence electrons. The van der Waals surface area contributed by atoms with Gasteiger partial charge in [-0.2, -0.15) is 0 Å². The summed E-state index contributed by atoms with van der Waals surface area (Å²) in [6.07, 6.45) is 0. The highest BCUT2D eigenvalue weighted by Crippen LogP contribution is 2.19. The summed E-state index contributed by atoms with van der Waals surface area (Å²) >= 11 is 0. The van der Waals surface area contributed by atoms with Gasteiger partial charge in [0, 0.05) is 25.3 Å². The van der Waals surface area contributed by atoms with Crippen LogP contribution in [-0.4, -0.2) is 62.3 Å². The Hall–Kier alpha value is -1.93. The van der Waals surface area contributed by atoms with E-state index < -0.39 is 10.0 Å². The van der Waals surface area contributed by atoms with Gasteiger partial charge in [0.15, 0.2) is 0 Å². The summed E-state index contributed by atoms with van der Waals surface area (Å²) in [5.41, 5.74) is 4.05. The number of hydrogen-bond donors (Lipinski definition) is 3. The molecule has 6 nitrogen and oxygen atoms in total. The number of benzene rings is 2. The number of likely N-dealkylation sites (N-methyl/N-ethyl adjacent to an activating group) is 1. The first-order chi connectivity index (χ1) is 14.2. The SMILES string of the molecule is Cc1ccc(C)c(S(=O)(=O)NC[C@H](c2ccc(N(C)C)cc2)[NH+]2CC[NH+](C)CC2)c1. The summed E-state index contributed by atoms with van der Waals surface area (Å²) in [6.45, 7) is 8.45. The van der Waals surface area contributed by atoms with Crippen LogP contribution >= 0.6 is 0 Å². The van der Waals surface area contributed by atoms with E-state index >= 15 is 0 Å². The van der Waals surface area contributed by atoms with E-state index in [0.717, 1.165) is 43.0 Å². The molecule has 0 unspecified atom stereocenters. The molecule has 0 aliphatic carbocycles. The zero-order chi connectivity index (χ0) is 21.9. The number of quaternary nitrogens is 2. The lowest BCUT2D eigenvalue weighted by atomic mass is 10.0. The average molecular weight is 433 g/mol. The van der Waals surface area contributed by atoms with Crippen LogP contribution in [0.25, 0.3) is 0 Å². The molecule has 0 spiro atoms. The van der Waals surface area contributed by atoms with Crippen LogP contribution in [0.2, 0.25) is 0 Å². The number of anilines is 1. The van der Waals surface area contributed by atoms with E-state index in [2.05, 4.69) is 40.9 Å². The van der Waals surface area contributed by atoms with E-state index in [1.54, 1.807) is 6.07 Å². The second kappa shape index (κ2) is 9.47. The maximum Gasteiger partial charge on any atom is 0.241 e. The van der Waals surface area contributed by atoms with E-state index in [4.69, 9.17) is 0 Å². The lowest BCUT2D eigenvalue weighted by molar-refractivity contribution is -1.02. The largest absolute Gasteiger partial charge is 0.378 e. The highest BCUT2D eigenvalue weighted by Gasteiger charge is 2.31. The molecule has 7 heteroatoms. The highest BCUT2D eigenvalue weighted by atomic mass is 32.2. The fraction of sp³-hybridized carbons (Fsp3) is 0.478. The van der Waals surface area contributed by atoms with Gasteiger partial charge in [-0.05, 0) is 43.2 Å². The molecule has 1 aliphatic heterocycles. The van der Waals surface area contributed by atoms with Crippen LogP contribution in [0.1, 0.15) is 22.7 Å². The maximum absolute atomic E-state index is 13.1. The summed E-state index contributed by atoms with van der Waals surface area (Å²) in [5.74, 6) is 0. The summed E-state index contributed by atoms with van der Waals surface area (Å²) in [5, 5.41) is 0. The minimum atomic E-state index is -3.56. The molecule has 1 fully saturated rings. The molecular weight excluding hydrogens is 396 g/mol. The van der Waals surface area contributed by atoms with E-state index in [9.17, 15) is 8.42 Å². The number of piperazine rings is 1. The van der Waals surface area contributed by atoms with E-state index in [1.165, 1.54) is 15.4 Å². The van der Waals surface area contributed by atoms with Gasteiger partial charge in [-0.15, -0.1) is 0 Å². The molecule has 1 heterocycles. The Morgan fingerprint density at radius 3 is 2.23 bits per heavy atom.